The maximum absolute atomic E-state index is 14.6. The molecular formula is C45H82N8O10. The Kier molecular flexibility index (Phi) is 25.8. The molecule has 0 bridgehead atoms. The average Bonchev–Trinajstić information content (AvgIpc) is 3.18. The van der Waals surface area contributed by atoms with E-state index in [1.54, 1.807) is 13.8 Å². The fraction of sp³-hybridized carbons (Fsp3) is 0.756. The van der Waals surface area contributed by atoms with Crippen LogP contribution in [0.25, 0.3) is 0 Å². The molecule has 7 atom stereocenters. The van der Waals surface area contributed by atoms with Gasteiger partial charge in [-0.2, -0.15) is 0 Å². The van der Waals surface area contributed by atoms with Gasteiger partial charge in [0.2, 0.25) is 29.5 Å². The lowest BCUT2D eigenvalue weighted by Crippen LogP contribution is -2.62. The molecule has 0 spiro atoms. The standard InChI is InChI=1S/C45H82N8O10/c1-17-19-21-30(7)38(55)37(53(16)36(54)24-28(3)4)41(58)47-32(18-2)42(59)51(14)35(27-63-23-20-22-49(11)12)43(60)50(13)34(26-45(9,10)62)40(57)48-44(61)52(15)33(39(46)56)25-31(8)29(5)6/h17,19,28-30,32-35,37-38,55,62H,8,18,20-27H2,1-7,9-16H3,(H2,46,56)(H,47,58)(H,48,57,61)/b19-17+/t30-,32+,33-,34+,35-,37+,38-/m1/s1. The van der Waals surface area contributed by atoms with Crippen molar-refractivity contribution >= 4 is 41.5 Å². The summed E-state index contributed by atoms with van der Waals surface area (Å²) in [6.07, 6.45) is 3.28. The number of rotatable bonds is 28. The van der Waals surface area contributed by atoms with E-state index in [2.05, 4.69) is 17.2 Å². The van der Waals surface area contributed by atoms with Gasteiger partial charge < -0.3 is 50.5 Å². The highest BCUT2D eigenvalue weighted by atomic mass is 16.5. The van der Waals surface area contributed by atoms with Crippen molar-refractivity contribution in [1.29, 1.82) is 0 Å². The summed E-state index contributed by atoms with van der Waals surface area (Å²) in [6.45, 7) is 20.1. The molecule has 362 valence electrons. The molecule has 0 aliphatic heterocycles. The predicted octanol–water partition coefficient (Wildman–Crippen LogP) is 2.13. The van der Waals surface area contributed by atoms with Crippen LogP contribution in [0.3, 0.4) is 0 Å². The number of hydrogen-bond donors (Lipinski definition) is 5. The Bertz CT molecular complexity index is 1560. The number of carbonyl (C=O) groups excluding carboxylic acids is 7. The van der Waals surface area contributed by atoms with Gasteiger partial charge >= 0.3 is 6.03 Å². The maximum atomic E-state index is 14.6. The minimum atomic E-state index is -1.54. The summed E-state index contributed by atoms with van der Waals surface area (Å²) in [5.74, 6) is -4.86. The van der Waals surface area contributed by atoms with E-state index >= 15 is 0 Å². The third kappa shape index (κ3) is 19.9. The molecule has 0 aliphatic carbocycles. The first kappa shape index (κ1) is 58.6. The predicted molar refractivity (Wildman–Crippen MR) is 244 cm³/mol. The van der Waals surface area contributed by atoms with Crippen LogP contribution in [0.4, 0.5) is 4.79 Å². The summed E-state index contributed by atoms with van der Waals surface area (Å²) in [4.78, 5) is 102. The van der Waals surface area contributed by atoms with Crippen molar-refractivity contribution in [1.82, 2.24) is 35.1 Å². The van der Waals surface area contributed by atoms with Crippen molar-refractivity contribution in [2.24, 2.45) is 23.5 Å². The van der Waals surface area contributed by atoms with E-state index in [4.69, 9.17) is 10.5 Å². The lowest BCUT2D eigenvalue weighted by atomic mass is 9.92. The van der Waals surface area contributed by atoms with Gasteiger partial charge in [-0.15, -0.1) is 0 Å². The molecule has 0 aromatic carbocycles. The molecule has 0 rings (SSSR count). The number of allylic oxidation sites excluding steroid dienone is 2. The van der Waals surface area contributed by atoms with Crippen LogP contribution in [0.15, 0.2) is 24.3 Å². The molecule has 18 heteroatoms. The van der Waals surface area contributed by atoms with Crippen molar-refractivity contribution in [2.45, 2.75) is 143 Å². The Morgan fingerprint density at radius 2 is 1.40 bits per heavy atom. The zero-order valence-corrected chi connectivity index (χ0v) is 40.9. The summed E-state index contributed by atoms with van der Waals surface area (Å²) >= 11 is 0. The summed E-state index contributed by atoms with van der Waals surface area (Å²) in [6, 6.07) is -7.53. The molecule has 18 nitrogen and oxygen atoms in total. The van der Waals surface area contributed by atoms with Gasteiger partial charge in [-0.05, 0) is 84.8 Å². The largest absolute Gasteiger partial charge is 0.390 e. The number of amides is 8. The molecular weight excluding hydrogens is 813 g/mol. The van der Waals surface area contributed by atoms with Crippen LogP contribution in [-0.4, -0.2) is 180 Å². The number of ether oxygens (including phenoxy) is 1. The number of nitrogens with two attached hydrogens (primary N) is 1. The van der Waals surface area contributed by atoms with Crippen molar-refractivity contribution in [3.8, 4) is 0 Å². The topological polar surface area (TPSA) is 235 Å². The quantitative estimate of drug-likeness (QED) is 0.0564. The van der Waals surface area contributed by atoms with E-state index in [-0.39, 0.29) is 56.6 Å². The minimum absolute atomic E-state index is 0.0154. The number of aliphatic hydroxyl groups excluding tert-OH is 1. The number of carbonyl (C=O) groups is 7. The number of nitrogens with one attached hydrogen (secondary N) is 2. The van der Waals surface area contributed by atoms with Gasteiger partial charge in [0.15, 0.2) is 0 Å². The van der Waals surface area contributed by atoms with E-state index in [9.17, 15) is 43.8 Å². The van der Waals surface area contributed by atoms with Gasteiger partial charge in [-0.1, -0.05) is 65.8 Å². The normalized spacial score (nSPS) is 15.2. The van der Waals surface area contributed by atoms with E-state index < -0.39 is 83.4 Å². The molecule has 0 fully saturated rings. The second kappa shape index (κ2) is 27.7. The van der Waals surface area contributed by atoms with E-state index in [1.807, 2.05) is 65.8 Å². The Morgan fingerprint density at radius 1 is 0.825 bits per heavy atom. The van der Waals surface area contributed by atoms with Crippen LogP contribution in [0, 0.1) is 17.8 Å². The number of aliphatic hydroxyl groups is 2. The molecule has 0 unspecified atom stereocenters. The van der Waals surface area contributed by atoms with E-state index in [0.717, 1.165) is 14.7 Å². The van der Waals surface area contributed by atoms with Crippen LogP contribution in [0.5, 0.6) is 0 Å². The Labute approximate surface area is 376 Å². The third-order valence-corrected chi connectivity index (χ3v) is 11.0. The van der Waals surface area contributed by atoms with E-state index in [0.29, 0.717) is 25.0 Å². The highest BCUT2D eigenvalue weighted by Crippen LogP contribution is 2.22. The molecule has 0 radical (unpaired) electrons. The van der Waals surface area contributed by atoms with Gasteiger partial charge in [0.1, 0.15) is 30.2 Å². The second-order valence-electron chi connectivity index (χ2n) is 18.3. The molecule has 0 saturated carbocycles. The Morgan fingerprint density at radius 3 is 1.87 bits per heavy atom. The fourth-order valence-corrected chi connectivity index (χ4v) is 6.63. The molecule has 0 aromatic rings. The first-order chi connectivity index (χ1) is 29.0. The van der Waals surface area contributed by atoms with Crippen molar-refractivity contribution in [3.05, 3.63) is 24.3 Å². The van der Waals surface area contributed by atoms with Gasteiger partial charge in [0.25, 0.3) is 5.91 Å². The lowest BCUT2D eigenvalue weighted by molar-refractivity contribution is -0.153. The number of urea groups is 1. The molecule has 0 heterocycles. The van der Waals surface area contributed by atoms with Gasteiger partial charge in [-0.25, -0.2) is 4.79 Å². The smallest absolute Gasteiger partial charge is 0.324 e. The summed E-state index contributed by atoms with van der Waals surface area (Å²) in [7, 11) is 9.19. The third-order valence-electron chi connectivity index (χ3n) is 11.0. The lowest BCUT2D eigenvalue weighted by Gasteiger charge is -2.38. The first-order valence-corrected chi connectivity index (χ1v) is 21.9. The van der Waals surface area contributed by atoms with Crippen LogP contribution >= 0.6 is 0 Å². The summed E-state index contributed by atoms with van der Waals surface area (Å²) in [5, 5.41) is 27.4. The van der Waals surface area contributed by atoms with Crippen molar-refractivity contribution < 1.29 is 48.5 Å². The van der Waals surface area contributed by atoms with Gasteiger partial charge in [0, 0.05) is 47.6 Å². The minimum Gasteiger partial charge on any atom is -0.390 e. The Balaban J connectivity index is 6.93. The molecule has 6 N–H and O–H groups in total. The maximum Gasteiger partial charge on any atom is 0.324 e. The zero-order valence-electron chi connectivity index (χ0n) is 40.9. The average molecular weight is 895 g/mol. The number of likely N-dealkylation sites (N-methyl/N-ethyl adjacent to an activating group) is 4. The number of hydrogen-bond acceptors (Lipinski definition) is 11. The monoisotopic (exact) mass is 895 g/mol. The van der Waals surface area contributed by atoms with Gasteiger partial charge in [-0.3, -0.25) is 34.1 Å². The zero-order chi connectivity index (χ0) is 49.1. The highest BCUT2D eigenvalue weighted by molar-refractivity contribution is 6.01. The number of nitrogens with zero attached hydrogens (tertiary/aromatic N) is 5. The fourth-order valence-electron chi connectivity index (χ4n) is 6.63. The van der Waals surface area contributed by atoms with Gasteiger partial charge in [0.05, 0.1) is 18.3 Å². The van der Waals surface area contributed by atoms with Crippen LogP contribution in [0.1, 0.15) is 101 Å². The Hall–Kier alpha value is -4.39. The van der Waals surface area contributed by atoms with Crippen molar-refractivity contribution in [2.75, 3.05) is 62.0 Å². The summed E-state index contributed by atoms with van der Waals surface area (Å²) < 4.78 is 5.94. The highest BCUT2D eigenvalue weighted by Gasteiger charge is 2.42. The van der Waals surface area contributed by atoms with Crippen LogP contribution in [0.2, 0.25) is 0 Å². The number of imide groups is 1. The number of primary amides is 1. The second-order valence-corrected chi connectivity index (χ2v) is 18.3. The van der Waals surface area contributed by atoms with Crippen molar-refractivity contribution in [3.63, 3.8) is 0 Å². The molecule has 0 saturated heterocycles. The summed E-state index contributed by atoms with van der Waals surface area (Å²) in [5.41, 5.74) is 4.75. The van der Waals surface area contributed by atoms with Crippen LogP contribution < -0.4 is 16.4 Å². The molecule has 8 amide bonds. The van der Waals surface area contributed by atoms with E-state index in [1.165, 1.54) is 46.9 Å². The first-order valence-electron chi connectivity index (χ1n) is 21.9. The molecule has 0 aromatic heterocycles. The SMILES string of the molecule is C=C(C[C@H](C(N)=O)N(C)C(=O)NC(=O)[C@H](CC(C)(C)O)N(C)C(=O)[C@@H](COCCCN(C)C)N(C)C(=O)[C@H](CC)NC(=O)[C@H]([C@H](O)[C@H](C)C/C=C/C)N(C)C(=O)CC(C)C)C(C)C. The molecule has 0 aliphatic rings. The molecule has 63 heavy (non-hydrogen) atoms. The van der Waals surface area contributed by atoms with Crippen LogP contribution in [-0.2, 0) is 33.5 Å².